The molecule has 0 radical (unpaired) electrons. The van der Waals surface area contributed by atoms with Crippen LogP contribution in [-0.4, -0.2) is 36.5 Å². The maximum absolute atomic E-state index is 5.60. The van der Waals surface area contributed by atoms with Crippen LogP contribution >= 0.6 is 0 Å². The average molecular weight is 363 g/mol. The fraction of sp³-hybridized carbons (Fsp3) is 0.190. The number of hydrogen-bond donors (Lipinski definition) is 0. The number of ether oxygens (including phenoxy) is 2. The fourth-order valence-corrected chi connectivity index (χ4v) is 2.59. The first-order chi connectivity index (χ1) is 13.3. The first kappa shape index (κ1) is 18.4. The quantitative estimate of drug-likeness (QED) is 0.348. The van der Waals surface area contributed by atoms with E-state index < -0.39 is 0 Å². The molecule has 0 bridgehead atoms. The maximum atomic E-state index is 5.60. The largest absolute Gasteiger partial charge is 0.493 e. The van der Waals surface area contributed by atoms with Gasteiger partial charge < -0.3 is 14.3 Å². The van der Waals surface area contributed by atoms with Gasteiger partial charge in [-0.05, 0) is 42.0 Å². The average Bonchev–Trinajstić information content (AvgIpc) is 2.74. The van der Waals surface area contributed by atoms with Crippen LogP contribution in [0.1, 0.15) is 16.7 Å². The van der Waals surface area contributed by atoms with E-state index in [-0.39, 0.29) is 0 Å². The SMILES string of the molecule is COc1ccc(CCON=C(c2cccnc2)c2cccnc2)cc1OC. The van der Waals surface area contributed by atoms with Crippen LogP contribution in [0, 0.1) is 0 Å². The Morgan fingerprint density at radius 3 is 2.11 bits per heavy atom. The van der Waals surface area contributed by atoms with Gasteiger partial charge in [0.2, 0.25) is 0 Å². The number of benzene rings is 1. The minimum atomic E-state index is 0.430. The summed E-state index contributed by atoms with van der Waals surface area (Å²) in [6, 6.07) is 13.4. The molecular weight excluding hydrogens is 342 g/mol. The van der Waals surface area contributed by atoms with Crippen molar-refractivity contribution < 1.29 is 14.3 Å². The molecule has 3 rings (SSSR count). The Morgan fingerprint density at radius 1 is 0.889 bits per heavy atom. The van der Waals surface area contributed by atoms with Crippen molar-refractivity contribution in [2.45, 2.75) is 6.42 Å². The van der Waals surface area contributed by atoms with Gasteiger partial charge in [0.25, 0.3) is 0 Å². The van der Waals surface area contributed by atoms with Crippen LogP contribution in [0.3, 0.4) is 0 Å². The summed E-state index contributed by atoms with van der Waals surface area (Å²) >= 11 is 0. The van der Waals surface area contributed by atoms with Crippen LogP contribution in [0.15, 0.2) is 72.4 Å². The molecule has 1 aromatic carbocycles. The van der Waals surface area contributed by atoms with Crippen molar-refractivity contribution in [2.24, 2.45) is 5.16 Å². The van der Waals surface area contributed by atoms with Gasteiger partial charge in [-0.1, -0.05) is 11.2 Å². The lowest BCUT2D eigenvalue weighted by atomic mass is 10.1. The summed E-state index contributed by atoms with van der Waals surface area (Å²) in [5.41, 5.74) is 3.52. The minimum Gasteiger partial charge on any atom is -0.493 e. The lowest BCUT2D eigenvalue weighted by molar-refractivity contribution is 0.148. The van der Waals surface area contributed by atoms with Crippen LogP contribution < -0.4 is 9.47 Å². The van der Waals surface area contributed by atoms with Crippen molar-refractivity contribution in [2.75, 3.05) is 20.8 Å². The highest BCUT2D eigenvalue weighted by Crippen LogP contribution is 2.27. The van der Waals surface area contributed by atoms with E-state index in [0.717, 1.165) is 16.7 Å². The van der Waals surface area contributed by atoms with Crippen molar-refractivity contribution in [3.8, 4) is 11.5 Å². The summed E-state index contributed by atoms with van der Waals surface area (Å²) in [7, 11) is 3.24. The normalized spacial score (nSPS) is 10.1. The lowest BCUT2D eigenvalue weighted by Gasteiger charge is -2.10. The summed E-state index contributed by atoms with van der Waals surface area (Å²) in [4.78, 5) is 13.9. The highest BCUT2D eigenvalue weighted by atomic mass is 16.6. The molecule has 3 aromatic rings. The number of oxime groups is 1. The van der Waals surface area contributed by atoms with Crippen LogP contribution in [0.5, 0.6) is 11.5 Å². The Balaban J connectivity index is 1.71. The van der Waals surface area contributed by atoms with Crippen molar-refractivity contribution in [3.63, 3.8) is 0 Å². The molecule has 0 saturated heterocycles. The zero-order valence-corrected chi connectivity index (χ0v) is 15.3. The smallest absolute Gasteiger partial charge is 0.160 e. The number of hydrogen-bond acceptors (Lipinski definition) is 6. The number of nitrogens with zero attached hydrogens (tertiary/aromatic N) is 3. The minimum absolute atomic E-state index is 0.430. The molecule has 0 spiro atoms. The molecule has 0 aliphatic carbocycles. The monoisotopic (exact) mass is 363 g/mol. The summed E-state index contributed by atoms with van der Waals surface area (Å²) in [5, 5.41) is 4.34. The third-order valence-corrected chi connectivity index (χ3v) is 3.96. The first-order valence-electron chi connectivity index (χ1n) is 8.53. The topological polar surface area (TPSA) is 65.8 Å². The standard InChI is InChI=1S/C21H21N3O3/c1-25-19-8-7-16(13-20(19)26-2)9-12-27-24-21(17-5-3-10-22-14-17)18-6-4-11-23-15-18/h3-8,10-11,13-15H,9,12H2,1-2H3. The van der Waals surface area contributed by atoms with E-state index in [9.17, 15) is 0 Å². The molecule has 0 fully saturated rings. The Morgan fingerprint density at radius 2 is 1.56 bits per heavy atom. The Kier molecular flexibility index (Phi) is 6.35. The number of pyridine rings is 2. The maximum Gasteiger partial charge on any atom is 0.160 e. The third kappa shape index (κ3) is 4.82. The van der Waals surface area contributed by atoms with Crippen molar-refractivity contribution in [1.29, 1.82) is 0 Å². The van der Waals surface area contributed by atoms with Crippen LogP contribution in [0.4, 0.5) is 0 Å². The molecule has 0 aliphatic rings. The van der Waals surface area contributed by atoms with Crippen molar-refractivity contribution in [1.82, 2.24) is 9.97 Å². The van der Waals surface area contributed by atoms with Gasteiger partial charge in [0.15, 0.2) is 11.5 Å². The summed E-state index contributed by atoms with van der Waals surface area (Å²) < 4.78 is 10.6. The number of methoxy groups -OCH3 is 2. The summed E-state index contributed by atoms with van der Waals surface area (Å²) in [6.07, 6.45) is 7.65. The van der Waals surface area contributed by atoms with Crippen LogP contribution in [0.25, 0.3) is 0 Å². The molecule has 0 unspecified atom stereocenters. The van der Waals surface area contributed by atoms with Gasteiger partial charge in [-0.3, -0.25) is 9.97 Å². The Hall–Kier alpha value is -3.41. The highest BCUT2D eigenvalue weighted by Gasteiger charge is 2.09. The van der Waals surface area contributed by atoms with E-state index in [2.05, 4.69) is 15.1 Å². The van der Waals surface area contributed by atoms with Gasteiger partial charge in [0.05, 0.1) is 14.2 Å². The van der Waals surface area contributed by atoms with E-state index in [4.69, 9.17) is 14.3 Å². The number of aromatic nitrogens is 2. The molecule has 2 heterocycles. The Bertz CT molecular complexity index is 842. The fourth-order valence-electron chi connectivity index (χ4n) is 2.59. The zero-order chi connectivity index (χ0) is 18.9. The first-order valence-corrected chi connectivity index (χ1v) is 8.53. The van der Waals surface area contributed by atoms with Crippen molar-refractivity contribution >= 4 is 5.71 Å². The van der Waals surface area contributed by atoms with E-state index >= 15 is 0 Å². The van der Waals surface area contributed by atoms with Gasteiger partial charge in [-0.25, -0.2) is 0 Å². The van der Waals surface area contributed by atoms with Crippen LogP contribution in [0.2, 0.25) is 0 Å². The molecule has 0 atom stereocenters. The van der Waals surface area contributed by atoms with Gasteiger partial charge in [0.1, 0.15) is 12.3 Å². The molecule has 6 heteroatoms. The van der Waals surface area contributed by atoms with Gasteiger partial charge in [-0.2, -0.15) is 0 Å². The second-order valence-electron chi connectivity index (χ2n) is 5.70. The lowest BCUT2D eigenvalue weighted by Crippen LogP contribution is -2.06. The number of rotatable bonds is 8. The van der Waals surface area contributed by atoms with E-state index in [1.165, 1.54) is 0 Å². The van der Waals surface area contributed by atoms with Gasteiger partial charge in [-0.15, -0.1) is 0 Å². The van der Waals surface area contributed by atoms with E-state index in [1.807, 2.05) is 42.5 Å². The molecule has 2 aromatic heterocycles. The van der Waals surface area contributed by atoms with E-state index in [1.54, 1.807) is 39.0 Å². The molecule has 6 nitrogen and oxygen atoms in total. The highest BCUT2D eigenvalue weighted by molar-refractivity contribution is 6.12. The van der Waals surface area contributed by atoms with Crippen molar-refractivity contribution in [3.05, 3.63) is 83.9 Å². The molecular formula is C21H21N3O3. The molecule has 138 valence electrons. The summed E-state index contributed by atoms with van der Waals surface area (Å²) in [5.74, 6) is 1.40. The Labute approximate surface area is 158 Å². The van der Waals surface area contributed by atoms with Gasteiger partial charge >= 0.3 is 0 Å². The predicted octanol–water partition coefficient (Wildman–Crippen LogP) is 3.51. The van der Waals surface area contributed by atoms with Gasteiger partial charge in [0, 0.05) is 42.3 Å². The molecule has 0 amide bonds. The third-order valence-electron chi connectivity index (χ3n) is 3.96. The molecule has 0 N–H and O–H groups in total. The molecule has 27 heavy (non-hydrogen) atoms. The predicted molar refractivity (Wildman–Crippen MR) is 103 cm³/mol. The molecule has 0 aliphatic heterocycles. The summed E-state index contributed by atoms with van der Waals surface area (Å²) in [6.45, 7) is 0.430. The molecule has 0 saturated carbocycles. The van der Waals surface area contributed by atoms with E-state index in [0.29, 0.717) is 30.2 Å². The second-order valence-corrected chi connectivity index (χ2v) is 5.70. The second kappa shape index (κ2) is 9.33. The zero-order valence-electron chi connectivity index (χ0n) is 15.3. The van der Waals surface area contributed by atoms with Crippen LogP contribution in [-0.2, 0) is 11.3 Å².